The number of fused-ring (bicyclic) bond motifs is 2. The van der Waals surface area contributed by atoms with Crippen molar-refractivity contribution in [2.24, 2.45) is 5.92 Å². The molecule has 2 aliphatic rings. The molecule has 0 spiro atoms. The minimum absolute atomic E-state index is 0.131. The minimum Gasteiger partial charge on any atom is -0.497 e. The maximum atomic E-state index is 13.0. The monoisotopic (exact) mass is 504 g/mol. The second-order valence-corrected chi connectivity index (χ2v) is 9.67. The van der Waals surface area contributed by atoms with Gasteiger partial charge in [0.1, 0.15) is 17.2 Å². The van der Waals surface area contributed by atoms with E-state index in [-0.39, 0.29) is 12.9 Å². The molecule has 0 saturated heterocycles. The van der Waals surface area contributed by atoms with Crippen LogP contribution in [0.15, 0.2) is 54.6 Å². The van der Waals surface area contributed by atoms with E-state index in [1.54, 1.807) is 7.11 Å². The van der Waals surface area contributed by atoms with Gasteiger partial charge in [0, 0.05) is 11.6 Å². The van der Waals surface area contributed by atoms with Crippen molar-refractivity contribution in [2.45, 2.75) is 45.1 Å². The molecule has 0 fully saturated rings. The first kappa shape index (κ1) is 24.8. The fourth-order valence-electron chi connectivity index (χ4n) is 5.56. The molecular formula is C30H32O7. The largest absolute Gasteiger partial charge is 0.497 e. The van der Waals surface area contributed by atoms with E-state index in [2.05, 4.69) is 6.92 Å². The molecule has 37 heavy (non-hydrogen) atoms. The number of carboxylic acid groups (broad SMARTS) is 1. The fraction of sp³-hybridized carbons (Fsp3) is 0.367. The molecule has 0 amide bonds. The summed E-state index contributed by atoms with van der Waals surface area (Å²) in [5, 5.41) is 10.7. The average Bonchev–Trinajstić information content (AvgIpc) is 3.49. The van der Waals surface area contributed by atoms with Crippen LogP contribution in [0.3, 0.4) is 0 Å². The summed E-state index contributed by atoms with van der Waals surface area (Å²) in [6.07, 6.45) is 1.10. The Labute approximate surface area is 216 Å². The highest BCUT2D eigenvalue weighted by molar-refractivity contribution is 5.80. The van der Waals surface area contributed by atoms with Crippen LogP contribution < -0.4 is 23.7 Å². The van der Waals surface area contributed by atoms with E-state index < -0.39 is 17.3 Å². The highest BCUT2D eigenvalue weighted by atomic mass is 16.7. The van der Waals surface area contributed by atoms with Crippen molar-refractivity contribution in [3.8, 4) is 28.7 Å². The number of rotatable bonds is 9. The predicted octanol–water partition coefficient (Wildman–Crippen LogP) is 5.59. The highest BCUT2D eigenvalue weighted by Gasteiger charge is 2.54. The van der Waals surface area contributed by atoms with Crippen molar-refractivity contribution in [1.82, 2.24) is 0 Å². The Kier molecular flexibility index (Phi) is 6.63. The molecule has 1 aliphatic heterocycles. The van der Waals surface area contributed by atoms with Gasteiger partial charge in [-0.05, 0) is 73.7 Å². The summed E-state index contributed by atoms with van der Waals surface area (Å²) in [6.45, 7) is 6.68. The summed E-state index contributed by atoms with van der Waals surface area (Å²) in [6, 6.07) is 17.2. The fourth-order valence-corrected chi connectivity index (χ4v) is 5.56. The lowest BCUT2D eigenvalue weighted by Gasteiger charge is -2.37. The maximum absolute atomic E-state index is 13.0. The van der Waals surface area contributed by atoms with Crippen molar-refractivity contribution in [1.29, 1.82) is 0 Å². The van der Waals surface area contributed by atoms with Crippen molar-refractivity contribution < 1.29 is 33.6 Å². The number of ether oxygens (including phenoxy) is 5. The molecule has 5 rings (SSSR count). The van der Waals surface area contributed by atoms with Crippen LogP contribution in [0.25, 0.3) is 0 Å². The molecule has 2 atom stereocenters. The third kappa shape index (κ3) is 4.22. The molecule has 1 aliphatic carbocycles. The van der Waals surface area contributed by atoms with Gasteiger partial charge in [0.15, 0.2) is 11.5 Å². The topological polar surface area (TPSA) is 83.5 Å². The Balaban J connectivity index is 1.82. The molecule has 0 bridgehead atoms. The summed E-state index contributed by atoms with van der Waals surface area (Å²) < 4.78 is 29.0. The first-order valence-corrected chi connectivity index (χ1v) is 12.6. The maximum Gasteiger partial charge on any atom is 0.308 e. The lowest BCUT2D eigenvalue weighted by Crippen LogP contribution is -2.39. The number of hydrogen-bond acceptors (Lipinski definition) is 6. The van der Waals surface area contributed by atoms with Crippen LogP contribution in [0.2, 0.25) is 0 Å². The predicted molar refractivity (Wildman–Crippen MR) is 138 cm³/mol. The molecular weight excluding hydrogens is 472 g/mol. The van der Waals surface area contributed by atoms with Crippen LogP contribution in [0, 0.1) is 5.92 Å². The zero-order valence-corrected chi connectivity index (χ0v) is 21.6. The number of benzene rings is 3. The van der Waals surface area contributed by atoms with Gasteiger partial charge in [0.05, 0.1) is 31.2 Å². The third-order valence-corrected chi connectivity index (χ3v) is 7.02. The van der Waals surface area contributed by atoms with Gasteiger partial charge in [-0.3, -0.25) is 4.79 Å². The Morgan fingerprint density at radius 1 is 1.03 bits per heavy atom. The Morgan fingerprint density at radius 3 is 2.51 bits per heavy atom. The molecule has 1 heterocycles. The molecule has 1 N–H and O–H groups in total. The highest BCUT2D eigenvalue weighted by Crippen LogP contribution is 2.57. The molecule has 7 nitrogen and oxygen atoms in total. The zero-order chi connectivity index (χ0) is 26.2. The normalized spacial score (nSPS) is 19.5. The molecule has 7 heteroatoms. The standard InChI is InChI=1S/C30H32O7/c1-5-12-34-22-8-9-23-19(13-22)14-25(29(31)32)30(23,20-6-11-26-28(15-20)36-17-35-26)24-10-7-21(33-4)16-27(24)37-18(2)3/h6-11,13,15-16,18,25H,5,12,14,17H2,1-4H3,(H,31,32). The number of aliphatic carboxylic acids is 1. The first-order chi connectivity index (χ1) is 17.9. The molecule has 194 valence electrons. The molecule has 3 aromatic carbocycles. The first-order valence-electron chi connectivity index (χ1n) is 12.6. The van der Waals surface area contributed by atoms with Gasteiger partial charge in [0.2, 0.25) is 6.79 Å². The number of carbonyl (C=O) groups is 1. The average molecular weight is 505 g/mol. The van der Waals surface area contributed by atoms with Gasteiger partial charge in [0.25, 0.3) is 0 Å². The van der Waals surface area contributed by atoms with Crippen LogP contribution in [0.5, 0.6) is 28.7 Å². The van der Waals surface area contributed by atoms with Gasteiger partial charge >= 0.3 is 5.97 Å². The quantitative estimate of drug-likeness (QED) is 0.407. The van der Waals surface area contributed by atoms with Gasteiger partial charge in [-0.2, -0.15) is 0 Å². The van der Waals surface area contributed by atoms with Crippen LogP contribution in [0.4, 0.5) is 0 Å². The summed E-state index contributed by atoms with van der Waals surface area (Å²) >= 11 is 0. The number of methoxy groups -OCH3 is 1. The summed E-state index contributed by atoms with van der Waals surface area (Å²) in [5.74, 6) is 1.49. The SMILES string of the molecule is CCCOc1ccc2c(c1)CC(C(=O)O)C2(c1ccc2c(c1)OCO2)c1ccc(OC)cc1OC(C)C. The van der Waals surface area contributed by atoms with E-state index in [0.717, 1.165) is 34.4 Å². The second-order valence-electron chi connectivity index (χ2n) is 9.67. The second kappa shape index (κ2) is 9.88. The lowest BCUT2D eigenvalue weighted by atomic mass is 9.64. The van der Waals surface area contributed by atoms with Gasteiger partial charge in [-0.1, -0.05) is 25.1 Å². The van der Waals surface area contributed by atoms with Gasteiger partial charge < -0.3 is 28.8 Å². The zero-order valence-electron chi connectivity index (χ0n) is 21.6. The van der Waals surface area contributed by atoms with Crippen molar-refractivity contribution in [2.75, 3.05) is 20.5 Å². The lowest BCUT2D eigenvalue weighted by molar-refractivity contribution is -0.142. The molecule has 2 unspecified atom stereocenters. The number of hydrogen-bond donors (Lipinski definition) is 1. The Morgan fingerprint density at radius 2 is 1.78 bits per heavy atom. The van der Waals surface area contributed by atoms with Crippen LogP contribution in [0.1, 0.15) is 49.4 Å². The molecule has 0 aromatic heterocycles. The van der Waals surface area contributed by atoms with E-state index >= 15 is 0 Å². The molecule has 0 radical (unpaired) electrons. The summed E-state index contributed by atoms with van der Waals surface area (Å²) in [7, 11) is 1.60. The Hall–Kier alpha value is -3.87. The van der Waals surface area contributed by atoms with Crippen LogP contribution in [-0.4, -0.2) is 37.7 Å². The number of carboxylic acids is 1. The Bertz CT molecular complexity index is 1320. The van der Waals surface area contributed by atoms with E-state index in [4.69, 9.17) is 23.7 Å². The summed E-state index contributed by atoms with van der Waals surface area (Å²) in [5.41, 5.74) is 2.34. The van der Waals surface area contributed by atoms with Crippen LogP contribution >= 0.6 is 0 Å². The summed E-state index contributed by atoms with van der Waals surface area (Å²) in [4.78, 5) is 13.0. The minimum atomic E-state index is -1.05. The van der Waals surface area contributed by atoms with Gasteiger partial charge in [-0.25, -0.2) is 0 Å². The van der Waals surface area contributed by atoms with E-state index in [9.17, 15) is 9.90 Å². The van der Waals surface area contributed by atoms with Crippen molar-refractivity contribution >= 4 is 5.97 Å². The van der Waals surface area contributed by atoms with E-state index in [1.165, 1.54) is 0 Å². The van der Waals surface area contributed by atoms with Crippen LogP contribution in [-0.2, 0) is 16.6 Å². The smallest absolute Gasteiger partial charge is 0.308 e. The van der Waals surface area contributed by atoms with Crippen molar-refractivity contribution in [3.63, 3.8) is 0 Å². The van der Waals surface area contributed by atoms with Gasteiger partial charge in [-0.15, -0.1) is 0 Å². The molecule has 3 aromatic rings. The third-order valence-electron chi connectivity index (χ3n) is 7.02. The van der Waals surface area contributed by atoms with E-state index in [0.29, 0.717) is 36.0 Å². The van der Waals surface area contributed by atoms with E-state index in [1.807, 2.05) is 68.4 Å². The molecule has 0 saturated carbocycles. The van der Waals surface area contributed by atoms with Crippen molar-refractivity contribution in [3.05, 3.63) is 76.9 Å².